The molecule has 10 aromatic rings. The quantitative estimate of drug-likeness (QED) is 0.166. The highest BCUT2D eigenvalue weighted by molar-refractivity contribution is 6.25. The first-order valence-corrected chi connectivity index (χ1v) is 19.4. The summed E-state index contributed by atoms with van der Waals surface area (Å²) in [4.78, 5) is 10.5. The molecule has 1 heterocycles. The summed E-state index contributed by atoms with van der Waals surface area (Å²) in [5, 5.41) is 9.78. The molecule has 0 N–H and O–H groups in total. The lowest BCUT2D eigenvalue weighted by Gasteiger charge is -2.24. The topological polar surface area (TPSA) is 25.8 Å². The van der Waals surface area contributed by atoms with E-state index in [9.17, 15) is 0 Å². The van der Waals surface area contributed by atoms with Gasteiger partial charge in [0, 0.05) is 16.7 Å². The average Bonchev–Trinajstić information content (AvgIpc) is 3.25. The van der Waals surface area contributed by atoms with Crippen LogP contribution in [0.5, 0.6) is 0 Å². The van der Waals surface area contributed by atoms with Crippen molar-refractivity contribution in [2.45, 2.75) is 26.2 Å². The summed E-state index contributed by atoms with van der Waals surface area (Å²) in [6.45, 7) is 6.91. The zero-order valence-corrected chi connectivity index (χ0v) is 31.8. The molecule has 0 atom stereocenters. The Morgan fingerprint density at radius 3 is 1.34 bits per heavy atom. The molecule has 0 amide bonds. The van der Waals surface area contributed by atoms with Crippen LogP contribution in [0.2, 0.25) is 0 Å². The van der Waals surface area contributed by atoms with E-state index in [1.54, 1.807) is 0 Å². The number of benzene rings is 9. The van der Waals surface area contributed by atoms with E-state index in [0.717, 1.165) is 28.1 Å². The van der Waals surface area contributed by atoms with Crippen LogP contribution in [-0.4, -0.2) is 9.97 Å². The van der Waals surface area contributed by atoms with Gasteiger partial charge in [0.05, 0.1) is 11.4 Å². The minimum absolute atomic E-state index is 0.0276. The highest BCUT2D eigenvalue weighted by atomic mass is 14.9. The zero-order valence-electron chi connectivity index (χ0n) is 31.8. The van der Waals surface area contributed by atoms with E-state index < -0.39 is 0 Å². The molecular formula is C54H40N2. The summed E-state index contributed by atoms with van der Waals surface area (Å²) in [5.74, 6) is 0.700. The predicted octanol–water partition coefficient (Wildman–Crippen LogP) is 14.7. The summed E-state index contributed by atoms with van der Waals surface area (Å²) in [6.07, 6.45) is 0. The molecule has 2 heteroatoms. The van der Waals surface area contributed by atoms with Crippen molar-refractivity contribution in [1.82, 2.24) is 9.97 Å². The van der Waals surface area contributed by atoms with E-state index in [-0.39, 0.29) is 5.41 Å². The largest absolute Gasteiger partial charge is 0.228 e. The third kappa shape index (κ3) is 5.82. The summed E-state index contributed by atoms with van der Waals surface area (Å²) in [5.41, 5.74) is 11.1. The Bertz CT molecular complexity index is 3030. The third-order valence-corrected chi connectivity index (χ3v) is 11.2. The molecular weight excluding hydrogens is 677 g/mol. The number of hydrogen-bond acceptors (Lipinski definition) is 2. The van der Waals surface area contributed by atoms with Crippen LogP contribution >= 0.6 is 0 Å². The molecule has 2 nitrogen and oxygen atoms in total. The molecule has 266 valence electrons. The number of fused-ring (bicyclic) bond motifs is 4. The molecule has 0 aliphatic heterocycles. The normalized spacial score (nSPS) is 11.8. The Kier molecular flexibility index (Phi) is 8.08. The van der Waals surface area contributed by atoms with Gasteiger partial charge >= 0.3 is 0 Å². The Hall–Kier alpha value is -6.90. The van der Waals surface area contributed by atoms with Crippen molar-refractivity contribution in [3.63, 3.8) is 0 Å². The van der Waals surface area contributed by atoms with E-state index >= 15 is 0 Å². The Labute approximate surface area is 327 Å². The second-order valence-corrected chi connectivity index (χ2v) is 15.8. The molecule has 0 aliphatic carbocycles. The summed E-state index contributed by atoms with van der Waals surface area (Å²) < 4.78 is 0. The standard InChI is InChI=1S/C54H40N2/c1-54(2,3)40-29-31-46-48(33-40)52(44-27-15-23-36-17-11-13-25-42(36)44)45-30-28-39(32-47(45)51(46)43-26-14-22-35-16-10-12-24-41(35)43)53-55-49(37-18-6-4-7-19-37)34-50(56-53)38-20-8-5-9-21-38/h4-34H,1-3H3. The monoisotopic (exact) mass is 716 g/mol. The SMILES string of the molecule is CC(C)(C)c1ccc2c(-c3cccc4ccccc34)c3cc(-c4nc(-c5ccccc5)cc(-c5ccccc5)n4)ccc3c(-c3cccc4ccccc34)c2c1. The van der Waals surface area contributed by atoms with Crippen LogP contribution in [0, 0.1) is 0 Å². The van der Waals surface area contributed by atoms with E-state index in [1.165, 1.54) is 70.9 Å². The van der Waals surface area contributed by atoms with Crippen LogP contribution in [0.3, 0.4) is 0 Å². The van der Waals surface area contributed by atoms with Crippen LogP contribution in [0.15, 0.2) is 188 Å². The van der Waals surface area contributed by atoms with Gasteiger partial charge in [-0.3, -0.25) is 0 Å². The lowest BCUT2D eigenvalue weighted by Crippen LogP contribution is -2.10. The van der Waals surface area contributed by atoms with Crippen molar-refractivity contribution in [3.8, 4) is 56.2 Å². The fourth-order valence-corrected chi connectivity index (χ4v) is 8.39. The van der Waals surface area contributed by atoms with Crippen LogP contribution in [0.25, 0.3) is 99.2 Å². The van der Waals surface area contributed by atoms with Crippen molar-refractivity contribution in [2.75, 3.05) is 0 Å². The predicted molar refractivity (Wildman–Crippen MR) is 238 cm³/mol. The van der Waals surface area contributed by atoms with Gasteiger partial charge in [0.1, 0.15) is 0 Å². The highest BCUT2D eigenvalue weighted by Gasteiger charge is 2.23. The Balaban J connectivity index is 1.35. The van der Waals surface area contributed by atoms with Gasteiger partial charge in [-0.05, 0) is 94.5 Å². The van der Waals surface area contributed by atoms with Crippen molar-refractivity contribution in [1.29, 1.82) is 0 Å². The van der Waals surface area contributed by atoms with Crippen molar-refractivity contribution in [3.05, 3.63) is 194 Å². The first-order valence-electron chi connectivity index (χ1n) is 19.4. The molecule has 1 aromatic heterocycles. The Morgan fingerprint density at radius 2 is 0.804 bits per heavy atom. The molecule has 0 fully saturated rings. The molecule has 0 saturated heterocycles. The van der Waals surface area contributed by atoms with Gasteiger partial charge in [0.15, 0.2) is 5.82 Å². The number of aromatic nitrogens is 2. The van der Waals surface area contributed by atoms with E-state index in [4.69, 9.17) is 9.97 Å². The molecule has 56 heavy (non-hydrogen) atoms. The molecule has 0 aliphatic rings. The fourth-order valence-electron chi connectivity index (χ4n) is 8.39. The molecule has 0 bridgehead atoms. The van der Waals surface area contributed by atoms with Crippen LogP contribution in [0.1, 0.15) is 26.3 Å². The first-order chi connectivity index (χ1) is 27.4. The second-order valence-electron chi connectivity index (χ2n) is 15.8. The van der Waals surface area contributed by atoms with E-state index in [2.05, 4.69) is 197 Å². The highest BCUT2D eigenvalue weighted by Crippen LogP contribution is 2.48. The summed E-state index contributed by atoms with van der Waals surface area (Å²) in [7, 11) is 0. The molecule has 10 rings (SSSR count). The first kappa shape index (κ1) is 33.7. The Morgan fingerprint density at radius 1 is 0.339 bits per heavy atom. The smallest absolute Gasteiger partial charge is 0.160 e. The lowest BCUT2D eigenvalue weighted by atomic mass is 9.80. The summed E-state index contributed by atoms with van der Waals surface area (Å²) >= 11 is 0. The van der Waals surface area contributed by atoms with Crippen LogP contribution in [0.4, 0.5) is 0 Å². The van der Waals surface area contributed by atoms with Gasteiger partial charge in [0.2, 0.25) is 0 Å². The fraction of sp³-hybridized carbons (Fsp3) is 0.0741. The molecule has 0 unspecified atom stereocenters. The zero-order chi connectivity index (χ0) is 37.8. The van der Waals surface area contributed by atoms with Crippen LogP contribution < -0.4 is 0 Å². The van der Waals surface area contributed by atoms with Gasteiger partial charge in [-0.25, -0.2) is 9.97 Å². The number of nitrogens with zero attached hydrogens (tertiary/aromatic N) is 2. The van der Waals surface area contributed by atoms with Crippen LogP contribution in [-0.2, 0) is 5.41 Å². The summed E-state index contributed by atoms with van der Waals surface area (Å²) in [6, 6.07) is 67.9. The molecule has 0 radical (unpaired) electrons. The van der Waals surface area contributed by atoms with Gasteiger partial charge in [-0.1, -0.05) is 191 Å². The number of hydrogen-bond donors (Lipinski definition) is 0. The van der Waals surface area contributed by atoms with Gasteiger partial charge in [-0.15, -0.1) is 0 Å². The van der Waals surface area contributed by atoms with E-state index in [0.29, 0.717) is 5.82 Å². The minimum Gasteiger partial charge on any atom is -0.228 e. The maximum Gasteiger partial charge on any atom is 0.160 e. The molecule has 9 aromatic carbocycles. The maximum atomic E-state index is 5.27. The third-order valence-electron chi connectivity index (χ3n) is 11.2. The second kappa shape index (κ2) is 13.4. The minimum atomic E-state index is -0.0276. The maximum absolute atomic E-state index is 5.27. The van der Waals surface area contributed by atoms with Gasteiger partial charge < -0.3 is 0 Å². The molecule has 0 saturated carbocycles. The van der Waals surface area contributed by atoms with Crippen molar-refractivity contribution < 1.29 is 0 Å². The number of rotatable bonds is 5. The van der Waals surface area contributed by atoms with Crippen molar-refractivity contribution >= 4 is 43.1 Å². The average molecular weight is 717 g/mol. The lowest BCUT2D eigenvalue weighted by molar-refractivity contribution is 0.591. The van der Waals surface area contributed by atoms with Crippen molar-refractivity contribution in [2.24, 2.45) is 0 Å². The van der Waals surface area contributed by atoms with Gasteiger partial charge in [0.25, 0.3) is 0 Å². The van der Waals surface area contributed by atoms with E-state index in [1.807, 2.05) is 12.1 Å². The molecule has 0 spiro atoms. The van der Waals surface area contributed by atoms with Gasteiger partial charge in [-0.2, -0.15) is 0 Å².